The summed E-state index contributed by atoms with van der Waals surface area (Å²) in [6, 6.07) is 3.98. The summed E-state index contributed by atoms with van der Waals surface area (Å²) < 4.78 is 5.22. The Kier molecular flexibility index (Phi) is 4.52. The Morgan fingerprint density at radius 1 is 1.24 bits per heavy atom. The third-order valence-electron chi connectivity index (χ3n) is 2.41. The van der Waals surface area contributed by atoms with Gasteiger partial charge < -0.3 is 9.84 Å². The Labute approximate surface area is 101 Å². The first kappa shape index (κ1) is 13.0. The van der Waals surface area contributed by atoms with Crippen molar-refractivity contribution >= 4 is 12.0 Å². The van der Waals surface area contributed by atoms with Crippen molar-refractivity contribution in [1.29, 1.82) is 0 Å². The maximum absolute atomic E-state index is 10.3. The lowest BCUT2D eigenvalue weighted by atomic mass is 10.0. The number of allylic oxidation sites excluding steroid dienone is 2. The van der Waals surface area contributed by atoms with E-state index in [1.165, 1.54) is 6.08 Å². The average Bonchev–Trinajstić information content (AvgIpc) is 2.28. The van der Waals surface area contributed by atoms with Crippen molar-refractivity contribution in [2.45, 2.75) is 13.8 Å². The molecular formula is C14H16O3. The Bertz CT molecular complexity index is 471. The molecule has 1 aromatic rings. The summed E-state index contributed by atoms with van der Waals surface area (Å²) in [6.45, 7) is 3.96. The molecule has 0 heterocycles. The molecule has 0 aliphatic rings. The Morgan fingerprint density at radius 2 is 1.94 bits per heavy atom. The highest BCUT2D eigenvalue weighted by molar-refractivity contribution is 5.80. The minimum Gasteiger partial charge on any atom is -0.496 e. The molecule has 17 heavy (non-hydrogen) atoms. The standard InChI is InChI=1S/C14H16O3/c1-10-9-13(17-3)11(2)8-12(10)6-4-5-7-14(15)16/h4-9H,1-3H3,(H,15,16)/b6-4+,7-5+. The van der Waals surface area contributed by atoms with Crippen LogP contribution >= 0.6 is 0 Å². The maximum Gasteiger partial charge on any atom is 0.328 e. The van der Waals surface area contributed by atoms with E-state index in [4.69, 9.17) is 9.84 Å². The Morgan fingerprint density at radius 3 is 2.53 bits per heavy atom. The minimum atomic E-state index is -0.947. The quantitative estimate of drug-likeness (QED) is 0.641. The molecule has 1 aromatic carbocycles. The highest BCUT2D eigenvalue weighted by atomic mass is 16.5. The van der Waals surface area contributed by atoms with Gasteiger partial charge in [0.25, 0.3) is 0 Å². The third-order valence-corrected chi connectivity index (χ3v) is 2.41. The van der Waals surface area contributed by atoms with Gasteiger partial charge in [0.05, 0.1) is 7.11 Å². The highest BCUT2D eigenvalue weighted by Crippen LogP contribution is 2.23. The number of ether oxygens (including phenoxy) is 1. The Hall–Kier alpha value is -2.03. The molecule has 0 aliphatic carbocycles. The summed E-state index contributed by atoms with van der Waals surface area (Å²) in [7, 11) is 1.65. The molecule has 0 fully saturated rings. The number of carboxylic acids is 1. The van der Waals surface area contributed by atoms with Crippen LogP contribution in [-0.4, -0.2) is 18.2 Å². The molecule has 0 amide bonds. The van der Waals surface area contributed by atoms with Crippen molar-refractivity contribution in [2.75, 3.05) is 7.11 Å². The van der Waals surface area contributed by atoms with Gasteiger partial charge in [0.2, 0.25) is 0 Å². The number of carboxylic acid groups (broad SMARTS) is 1. The number of hydrogen-bond donors (Lipinski definition) is 1. The van der Waals surface area contributed by atoms with Crippen LogP contribution in [0.15, 0.2) is 30.4 Å². The molecule has 3 nitrogen and oxygen atoms in total. The zero-order valence-electron chi connectivity index (χ0n) is 10.2. The van der Waals surface area contributed by atoms with Crippen LogP contribution in [-0.2, 0) is 4.79 Å². The van der Waals surface area contributed by atoms with E-state index in [-0.39, 0.29) is 0 Å². The zero-order chi connectivity index (χ0) is 12.8. The first-order chi connectivity index (χ1) is 8.04. The van der Waals surface area contributed by atoms with Crippen molar-refractivity contribution in [3.05, 3.63) is 47.1 Å². The van der Waals surface area contributed by atoms with Gasteiger partial charge in [-0.2, -0.15) is 0 Å². The number of hydrogen-bond acceptors (Lipinski definition) is 2. The van der Waals surface area contributed by atoms with E-state index >= 15 is 0 Å². The molecule has 0 aromatic heterocycles. The molecule has 0 unspecified atom stereocenters. The van der Waals surface area contributed by atoms with Gasteiger partial charge in [-0.05, 0) is 42.7 Å². The van der Waals surface area contributed by atoms with Crippen LogP contribution in [0.3, 0.4) is 0 Å². The second-order valence-corrected chi connectivity index (χ2v) is 3.73. The van der Waals surface area contributed by atoms with Crippen molar-refractivity contribution in [1.82, 2.24) is 0 Å². The predicted octanol–water partition coefficient (Wildman–Crippen LogP) is 2.97. The van der Waals surface area contributed by atoms with Crippen LogP contribution < -0.4 is 4.74 Å². The third kappa shape index (κ3) is 3.79. The number of aryl methyl sites for hydroxylation is 2. The van der Waals surface area contributed by atoms with Crippen LogP contribution in [0.5, 0.6) is 5.75 Å². The predicted molar refractivity (Wildman–Crippen MR) is 68.3 cm³/mol. The summed E-state index contributed by atoms with van der Waals surface area (Å²) in [5.74, 6) is -0.0852. The van der Waals surface area contributed by atoms with Crippen molar-refractivity contribution in [2.24, 2.45) is 0 Å². The lowest BCUT2D eigenvalue weighted by molar-refractivity contribution is -0.131. The largest absolute Gasteiger partial charge is 0.496 e. The molecule has 1 rings (SSSR count). The molecule has 0 bridgehead atoms. The lowest BCUT2D eigenvalue weighted by Gasteiger charge is -2.08. The molecule has 0 atom stereocenters. The fraction of sp³-hybridized carbons (Fsp3) is 0.214. The number of benzene rings is 1. The van der Waals surface area contributed by atoms with Crippen molar-refractivity contribution in [3.63, 3.8) is 0 Å². The SMILES string of the molecule is COc1cc(C)c(/C=C/C=C/C(=O)O)cc1C. The van der Waals surface area contributed by atoms with Gasteiger partial charge in [0.1, 0.15) is 5.75 Å². The van der Waals surface area contributed by atoms with Gasteiger partial charge in [-0.1, -0.05) is 18.2 Å². The van der Waals surface area contributed by atoms with Crippen LogP contribution in [0.4, 0.5) is 0 Å². The molecule has 0 saturated heterocycles. The van der Waals surface area contributed by atoms with Gasteiger partial charge in [-0.15, -0.1) is 0 Å². The van der Waals surface area contributed by atoms with Crippen LogP contribution in [0, 0.1) is 13.8 Å². The van der Waals surface area contributed by atoms with Gasteiger partial charge in [0, 0.05) is 6.08 Å². The summed E-state index contributed by atoms with van der Waals surface area (Å²) >= 11 is 0. The zero-order valence-corrected chi connectivity index (χ0v) is 10.2. The molecule has 3 heteroatoms. The molecule has 1 N–H and O–H groups in total. The summed E-state index contributed by atoms with van der Waals surface area (Å²) in [5.41, 5.74) is 3.20. The van der Waals surface area contributed by atoms with Crippen molar-refractivity contribution < 1.29 is 14.6 Å². The van der Waals surface area contributed by atoms with Gasteiger partial charge in [0.15, 0.2) is 0 Å². The van der Waals surface area contributed by atoms with Gasteiger partial charge in [-0.3, -0.25) is 0 Å². The number of aliphatic carboxylic acids is 1. The second kappa shape index (κ2) is 5.89. The smallest absolute Gasteiger partial charge is 0.328 e. The van der Waals surface area contributed by atoms with E-state index in [1.807, 2.05) is 32.1 Å². The van der Waals surface area contributed by atoms with Crippen LogP contribution in [0.25, 0.3) is 6.08 Å². The fourth-order valence-corrected chi connectivity index (χ4v) is 1.51. The topological polar surface area (TPSA) is 46.5 Å². The van der Waals surface area contributed by atoms with E-state index in [0.717, 1.165) is 28.5 Å². The molecular weight excluding hydrogens is 216 g/mol. The van der Waals surface area contributed by atoms with Gasteiger partial charge in [-0.25, -0.2) is 4.79 Å². The summed E-state index contributed by atoms with van der Waals surface area (Å²) in [4.78, 5) is 10.3. The first-order valence-electron chi connectivity index (χ1n) is 5.27. The number of methoxy groups -OCH3 is 1. The number of carbonyl (C=O) groups is 1. The summed E-state index contributed by atoms with van der Waals surface area (Å²) in [6.07, 6.45) is 6.19. The molecule has 0 saturated carbocycles. The van der Waals surface area contributed by atoms with E-state index in [1.54, 1.807) is 13.2 Å². The van der Waals surface area contributed by atoms with E-state index in [2.05, 4.69) is 0 Å². The van der Waals surface area contributed by atoms with E-state index in [0.29, 0.717) is 0 Å². The van der Waals surface area contributed by atoms with Crippen molar-refractivity contribution in [3.8, 4) is 5.75 Å². The van der Waals surface area contributed by atoms with Crippen LogP contribution in [0.2, 0.25) is 0 Å². The number of rotatable bonds is 4. The second-order valence-electron chi connectivity index (χ2n) is 3.73. The maximum atomic E-state index is 10.3. The normalized spacial score (nSPS) is 11.2. The monoisotopic (exact) mass is 232 g/mol. The molecule has 90 valence electrons. The fourth-order valence-electron chi connectivity index (χ4n) is 1.51. The lowest BCUT2D eigenvalue weighted by Crippen LogP contribution is -1.90. The minimum absolute atomic E-state index is 0.862. The van der Waals surface area contributed by atoms with E-state index in [9.17, 15) is 4.79 Å². The van der Waals surface area contributed by atoms with E-state index < -0.39 is 5.97 Å². The first-order valence-corrected chi connectivity index (χ1v) is 5.27. The Balaban J connectivity index is 2.92. The molecule has 0 spiro atoms. The average molecular weight is 232 g/mol. The van der Waals surface area contributed by atoms with Crippen LogP contribution in [0.1, 0.15) is 16.7 Å². The van der Waals surface area contributed by atoms with Gasteiger partial charge >= 0.3 is 5.97 Å². The summed E-state index contributed by atoms with van der Waals surface area (Å²) in [5, 5.41) is 8.44. The molecule has 0 radical (unpaired) electrons. The highest BCUT2D eigenvalue weighted by Gasteiger charge is 2.01. The molecule has 0 aliphatic heterocycles.